The maximum absolute atomic E-state index is 9.99. The summed E-state index contributed by atoms with van der Waals surface area (Å²) in [6.07, 6.45) is 5.47. The van der Waals surface area contributed by atoms with Gasteiger partial charge in [0.2, 0.25) is 0 Å². The summed E-state index contributed by atoms with van der Waals surface area (Å²) >= 11 is 0. The van der Waals surface area contributed by atoms with E-state index in [1.807, 2.05) is 0 Å². The molecule has 1 N–H and O–H groups in total. The molecular formula is C14H28O2. The summed E-state index contributed by atoms with van der Waals surface area (Å²) in [4.78, 5) is 0. The predicted molar refractivity (Wildman–Crippen MR) is 67.5 cm³/mol. The molecule has 0 saturated carbocycles. The van der Waals surface area contributed by atoms with E-state index in [-0.39, 0.29) is 6.10 Å². The monoisotopic (exact) mass is 228 g/mol. The number of rotatable bonds is 5. The van der Waals surface area contributed by atoms with Gasteiger partial charge in [-0.1, -0.05) is 27.7 Å². The van der Waals surface area contributed by atoms with Crippen molar-refractivity contribution in [3.63, 3.8) is 0 Å². The van der Waals surface area contributed by atoms with Crippen molar-refractivity contribution in [3.05, 3.63) is 0 Å². The van der Waals surface area contributed by atoms with E-state index in [1.54, 1.807) is 0 Å². The third-order valence-corrected chi connectivity index (χ3v) is 3.95. The van der Waals surface area contributed by atoms with Crippen LogP contribution in [0.1, 0.15) is 59.8 Å². The minimum atomic E-state index is -0.154. The second-order valence-electron chi connectivity index (χ2n) is 6.37. The van der Waals surface area contributed by atoms with Crippen LogP contribution in [-0.2, 0) is 4.74 Å². The smallest absolute Gasteiger partial charge is 0.0577 e. The zero-order valence-corrected chi connectivity index (χ0v) is 11.3. The van der Waals surface area contributed by atoms with Gasteiger partial charge in [0.1, 0.15) is 0 Å². The molecule has 0 bridgehead atoms. The Labute approximate surface area is 100 Å². The molecule has 1 fully saturated rings. The number of aliphatic hydroxyl groups excluding tert-OH is 1. The van der Waals surface area contributed by atoms with Crippen LogP contribution in [0.4, 0.5) is 0 Å². The summed E-state index contributed by atoms with van der Waals surface area (Å²) < 4.78 is 5.56. The Bertz CT molecular complexity index is 189. The van der Waals surface area contributed by atoms with Crippen LogP contribution in [0, 0.1) is 11.3 Å². The van der Waals surface area contributed by atoms with E-state index < -0.39 is 0 Å². The Kier molecular flexibility index (Phi) is 5.26. The molecule has 2 nitrogen and oxygen atoms in total. The standard InChI is InChI=1S/C14H28O2/c1-11(14(2,3)4)10-12(15)7-8-13-6-5-9-16-13/h11-13,15H,5-10H2,1-4H3. The van der Waals surface area contributed by atoms with Gasteiger partial charge in [0.15, 0.2) is 0 Å². The van der Waals surface area contributed by atoms with Crippen molar-refractivity contribution in [3.8, 4) is 0 Å². The van der Waals surface area contributed by atoms with Crippen molar-refractivity contribution in [2.45, 2.75) is 72.0 Å². The van der Waals surface area contributed by atoms with Crippen molar-refractivity contribution in [2.24, 2.45) is 11.3 Å². The van der Waals surface area contributed by atoms with Gasteiger partial charge < -0.3 is 9.84 Å². The summed E-state index contributed by atoms with van der Waals surface area (Å²) in [5.74, 6) is 0.562. The van der Waals surface area contributed by atoms with E-state index >= 15 is 0 Å². The fraction of sp³-hybridized carbons (Fsp3) is 1.00. The predicted octanol–water partition coefficient (Wildman–Crippen LogP) is 3.38. The van der Waals surface area contributed by atoms with Gasteiger partial charge >= 0.3 is 0 Å². The Hall–Kier alpha value is -0.0800. The van der Waals surface area contributed by atoms with Crippen molar-refractivity contribution in [2.75, 3.05) is 6.61 Å². The molecule has 1 aliphatic rings. The lowest BCUT2D eigenvalue weighted by Gasteiger charge is -2.29. The molecule has 0 aliphatic carbocycles. The van der Waals surface area contributed by atoms with Crippen molar-refractivity contribution < 1.29 is 9.84 Å². The van der Waals surface area contributed by atoms with E-state index in [9.17, 15) is 5.11 Å². The molecule has 1 aliphatic heterocycles. The van der Waals surface area contributed by atoms with Crippen LogP contribution < -0.4 is 0 Å². The van der Waals surface area contributed by atoms with Crippen molar-refractivity contribution in [1.29, 1.82) is 0 Å². The minimum absolute atomic E-state index is 0.154. The SMILES string of the molecule is CC(CC(O)CCC1CCCO1)C(C)(C)C. The number of aliphatic hydroxyl groups is 1. The highest BCUT2D eigenvalue weighted by atomic mass is 16.5. The first kappa shape index (κ1) is 14.0. The van der Waals surface area contributed by atoms with Crippen LogP contribution in [0.2, 0.25) is 0 Å². The van der Waals surface area contributed by atoms with Crippen LogP contribution in [-0.4, -0.2) is 23.9 Å². The van der Waals surface area contributed by atoms with Gasteiger partial charge in [-0.05, 0) is 43.4 Å². The molecule has 1 saturated heterocycles. The van der Waals surface area contributed by atoms with Gasteiger partial charge in [-0.15, -0.1) is 0 Å². The highest BCUT2D eigenvalue weighted by Gasteiger charge is 2.23. The molecule has 16 heavy (non-hydrogen) atoms. The molecule has 0 amide bonds. The van der Waals surface area contributed by atoms with Crippen LogP contribution >= 0.6 is 0 Å². The summed E-state index contributed by atoms with van der Waals surface area (Å²) in [7, 11) is 0. The van der Waals surface area contributed by atoms with Gasteiger partial charge in [0.25, 0.3) is 0 Å². The molecule has 1 rings (SSSR count). The highest BCUT2D eigenvalue weighted by Crippen LogP contribution is 2.30. The van der Waals surface area contributed by atoms with E-state index in [2.05, 4.69) is 27.7 Å². The van der Waals surface area contributed by atoms with Gasteiger partial charge in [-0.25, -0.2) is 0 Å². The minimum Gasteiger partial charge on any atom is -0.393 e. The lowest BCUT2D eigenvalue weighted by molar-refractivity contribution is 0.0646. The summed E-state index contributed by atoms with van der Waals surface area (Å²) in [5.41, 5.74) is 0.296. The van der Waals surface area contributed by atoms with Gasteiger partial charge in [0.05, 0.1) is 12.2 Å². The molecule has 2 heteroatoms. The first-order valence-electron chi connectivity index (χ1n) is 6.69. The first-order chi connectivity index (χ1) is 7.39. The van der Waals surface area contributed by atoms with E-state index in [0.717, 1.165) is 25.9 Å². The first-order valence-corrected chi connectivity index (χ1v) is 6.69. The number of hydrogen-bond acceptors (Lipinski definition) is 2. The van der Waals surface area contributed by atoms with Gasteiger partial charge in [0, 0.05) is 6.61 Å². The van der Waals surface area contributed by atoms with Crippen LogP contribution in [0.3, 0.4) is 0 Å². The Morgan fingerprint density at radius 3 is 2.56 bits per heavy atom. The Morgan fingerprint density at radius 2 is 2.06 bits per heavy atom. The molecule has 0 aromatic heterocycles. The lowest BCUT2D eigenvalue weighted by Crippen LogP contribution is -2.23. The maximum Gasteiger partial charge on any atom is 0.0577 e. The summed E-state index contributed by atoms with van der Waals surface area (Å²) in [6.45, 7) is 9.87. The summed E-state index contributed by atoms with van der Waals surface area (Å²) in [5, 5.41) is 9.99. The molecule has 1 heterocycles. The fourth-order valence-electron chi connectivity index (χ4n) is 2.13. The quantitative estimate of drug-likeness (QED) is 0.781. The average molecular weight is 228 g/mol. The number of ether oxygens (including phenoxy) is 1. The van der Waals surface area contributed by atoms with Crippen LogP contribution in [0.25, 0.3) is 0 Å². The third kappa shape index (κ3) is 4.84. The van der Waals surface area contributed by atoms with Gasteiger partial charge in [-0.2, -0.15) is 0 Å². The topological polar surface area (TPSA) is 29.5 Å². The zero-order valence-electron chi connectivity index (χ0n) is 11.3. The highest BCUT2D eigenvalue weighted by molar-refractivity contribution is 4.74. The molecule has 3 unspecified atom stereocenters. The van der Waals surface area contributed by atoms with E-state index in [0.29, 0.717) is 17.4 Å². The average Bonchev–Trinajstić information content (AvgIpc) is 2.65. The molecule has 0 aromatic carbocycles. The largest absolute Gasteiger partial charge is 0.393 e. The Morgan fingerprint density at radius 1 is 1.38 bits per heavy atom. The maximum atomic E-state index is 9.99. The molecule has 3 atom stereocenters. The summed E-state index contributed by atoms with van der Waals surface area (Å²) in [6, 6.07) is 0. The third-order valence-electron chi connectivity index (χ3n) is 3.95. The Balaban J connectivity index is 2.17. The van der Waals surface area contributed by atoms with Crippen LogP contribution in [0.5, 0.6) is 0 Å². The van der Waals surface area contributed by atoms with Crippen LogP contribution in [0.15, 0.2) is 0 Å². The number of hydrogen-bond donors (Lipinski definition) is 1. The van der Waals surface area contributed by atoms with Crippen molar-refractivity contribution in [1.82, 2.24) is 0 Å². The fourth-order valence-corrected chi connectivity index (χ4v) is 2.13. The lowest BCUT2D eigenvalue weighted by atomic mass is 9.78. The second kappa shape index (κ2) is 6.02. The zero-order chi connectivity index (χ0) is 12.2. The molecule has 0 aromatic rings. The molecular weight excluding hydrogens is 200 g/mol. The van der Waals surface area contributed by atoms with E-state index in [4.69, 9.17) is 4.74 Å². The van der Waals surface area contributed by atoms with Gasteiger partial charge in [-0.3, -0.25) is 0 Å². The molecule has 0 spiro atoms. The van der Waals surface area contributed by atoms with E-state index in [1.165, 1.54) is 12.8 Å². The molecule has 96 valence electrons. The molecule has 0 radical (unpaired) electrons. The van der Waals surface area contributed by atoms with Crippen molar-refractivity contribution >= 4 is 0 Å². The second-order valence-corrected chi connectivity index (χ2v) is 6.37. The normalized spacial score (nSPS) is 25.7.